The van der Waals surface area contributed by atoms with E-state index in [0.29, 0.717) is 5.92 Å². The predicted octanol–water partition coefficient (Wildman–Crippen LogP) is 5.84. The van der Waals surface area contributed by atoms with Crippen molar-refractivity contribution in [1.29, 1.82) is 0 Å². The summed E-state index contributed by atoms with van der Waals surface area (Å²) in [5, 5.41) is 2.58. The SMILES string of the molecule is CCC(C)c1ccc(C[n+]2c3ccccc3cc3ccccc32)cc1. The van der Waals surface area contributed by atoms with Gasteiger partial charge in [0.05, 0.1) is 0 Å². The quantitative estimate of drug-likeness (QED) is 0.327. The van der Waals surface area contributed by atoms with Gasteiger partial charge in [-0.05, 0) is 36.1 Å². The van der Waals surface area contributed by atoms with Crippen LogP contribution in [0.2, 0.25) is 0 Å². The van der Waals surface area contributed by atoms with Crippen LogP contribution in [0.3, 0.4) is 0 Å². The van der Waals surface area contributed by atoms with Crippen LogP contribution in [0.4, 0.5) is 0 Å². The maximum absolute atomic E-state index is 2.43. The fourth-order valence-corrected chi connectivity index (χ4v) is 3.55. The third-order valence-corrected chi connectivity index (χ3v) is 5.27. The minimum absolute atomic E-state index is 0.625. The zero-order valence-electron chi connectivity index (χ0n) is 14.9. The first-order valence-electron chi connectivity index (χ1n) is 9.15. The highest BCUT2D eigenvalue weighted by Gasteiger charge is 2.15. The lowest BCUT2D eigenvalue weighted by Gasteiger charge is -2.10. The molecular formula is C24H24N+. The highest BCUT2D eigenvalue weighted by atomic mass is 15.0. The summed E-state index contributed by atoms with van der Waals surface area (Å²) >= 11 is 0. The van der Waals surface area contributed by atoms with Gasteiger partial charge in [-0.3, -0.25) is 0 Å². The van der Waals surface area contributed by atoms with Crippen molar-refractivity contribution in [3.05, 3.63) is 90.0 Å². The van der Waals surface area contributed by atoms with Gasteiger partial charge in [0.25, 0.3) is 0 Å². The minimum atomic E-state index is 0.625. The molecule has 4 rings (SSSR count). The smallest absolute Gasteiger partial charge is 0.187 e. The number of benzene rings is 3. The van der Waals surface area contributed by atoms with E-state index in [1.807, 2.05) is 0 Å². The lowest BCUT2D eigenvalue weighted by atomic mass is 9.97. The summed E-state index contributed by atoms with van der Waals surface area (Å²) in [6.45, 7) is 5.43. The monoisotopic (exact) mass is 326 g/mol. The van der Waals surface area contributed by atoms with E-state index in [-0.39, 0.29) is 0 Å². The summed E-state index contributed by atoms with van der Waals surface area (Å²) in [4.78, 5) is 0. The van der Waals surface area contributed by atoms with Crippen molar-refractivity contribution in [3.63, 3.8) is 0 Å². The van der Waals surface area contributed by atoms with Gasteiger partial charge >= 0.3 is 0 Å². The molecule has 0 aliphatic heterocycles. The predicted molar refractivity (Wildman–Crippen MR) is 106 cm³/mol. The van der Waals surface area contributed by atoms with Crippen molar-refractivity contribution >= 4 is 21.8 Å². The molecule has 1 atom stereocenters. The summed E-state index contributed by atoms with van der Waals surface area (Å²) in [6, 6.07) is 28.7. The second kappa shape index (κ2) is 6.68. The van der Waals surface area contributed by atoms with Crippen molar-refractivity contribution in [2.75, 3.05) is 0 Å². The van der Waals surface area contributed by atoms with E-state index < -0.39 is 0 Å². The van der Waals surface area contributed by atoms with Gasteiger partial charge < -0.3 is 0 Å². The molecular weight excluding hydrogens is 302 g/mol. The Hall–Kier alpha value is -2.67. The first-order chi connectivity index (χ1) is 12.3. The molecule has 1 aromatic heterocycles. The first kappa shape index (κ1) is 15.8. The van der Waals surface area contributed by atoms with Crippen LogP contribution >= 0.6 is 0 Å². The molecule has 1 unspecified atom stereocenters. The summed E-state index contributed by atoms with van der Waals surface area (Å²) < 4.78 is 2.43. The highest BCUT2D eigenvalue weighted by molar-refractivity contribution is 5.88. The van der Waals surface area contributed by atoms with Crippen LogP contribution in [0.15, 0.2) is 78.9 Å². The highest BCUT2D eigenvalue weighted by Crippen LogP contribution is 2.21. The Morgan fingerprint density at radius 1 is 0.760 bits per heavy atom. The van der Waals surface area contributed by atoms with E-state index in [4.69, 9.17) is 0 Å². The molecule has 1 heterocycles. The third-order valence-electron chi connectivity index (χ3n) is 5.27. The Morgan fingerprint density at radius 3 is 1.88 bits per heavy atom. The molecule has 25 heavy (non-hydrogen) atoms. The van der Waals surface area contributed by atoms with Gasteiger partial charge in [0.15, 0.2) is 6.54 Å². The van der Waals surface area contributed by atoms with Crippen LogP contribution in [0.1, 0.15) is 37.3 Å². The van der Waals surface area contributed by atoms with E-state index in [1.165, 1.54) is 39.4 Å². The van der Waals surface area contributed by atoms with E-state index in [0.717, 1.165) is 6.54 Å². The second-order valence-electron chi connectivity index (χ2n) is 6.90. The van der Waals surface area contributed by atoms with Crippen molar-refractivity contribution in [2.24, 2.45) is 0 Å². The number of pyridine rings is 1. The summed E-state index contributed by atoms with van der Waals surface area (Å²) in [7, 11) is 0. The third kappa shape index (κ3) is 3.02. The summed E-state index contributed by atoms with van der Waals surface area (Å²) in [5.41, 5.74) is 5.34. The Kier molecular flexibility index (Phi) is 4.23. The molecule has 4 aromatic rings. The van der Waals surface area contributed by atoms with E-state index in [1.54, 1.807) is 0 Å². The first-order valence-corrected chi connectivity index (χ1v) is 9.15. The fraction of sp³-hybridized carbons (Fsp3) is 0.208. The molecule has 0 aliphatic carbocycles. The van der Waals surface area contributed by atoms with Crippen molar-refractivity contribution in [1.82, 2.24) is 0 Å². The molecule has 0 N–H and O–H groups in total. The Labute approximate surface area is 149 Å². The van der Waals surface area contributed by atoms with Crippen LogP contribution in [0, 0.1) is 0 Å². The molecule has 3 aromatic carbocycles. The van der Waals surface area contributed by atoms with Gasteiger partial charge in [-0.25, -0.2) is 0 Å². The lowest BCUT2D eigenvalue weighted by molar-refractivity contribution is -0.635. The molecule has 1 heteroatoms. The molecule has 0 spiro atoms. The largest absolute Gasteiger partial charge is 0.213 e. The standard InChI is InChI=1S/C24H24N/c1-3-18(2)20-14-12-19(13-15-20)17-25-23-10-6-4-8-21(23)16-22-9-5-7-11-24(22)25/h4-16,18H,3,17H2,1-2H3/q+1. The van der Waals surface area contributed by atoms with Gasteiger partial charge in [-0.1, -0.05) is 62.4 Å². The van der Waals surface area contributed by atoms with Gasteiger partial charge in [0.1, 0.15) is 0 Å². The van der Waals surface area contributed by atoms with Crippen LogP contribution in [0.25, 0.3) is 21.8 Å². The number of hydrogen-bond donors (Lipinski definition) is 0. The molecule has 0 bridgehead atoms. The number of rotatable bonds is 4. The van der Waals surface area contributed by atoms with Gasteiger partial charge in [0, 0.05) is 28.5 Å². The van der Waals surface area contributed by atoms with Crippen molar-refractivity contribution in [3.8, 4) is 0 Å². The fourth-order valence-electron chi connectivity index (χ4n) is 3.55. The molecule has 1 nitrogen and oxygen atoms in total. The number of fused-ring (bicyclic) bond motifs is 2. The topological polar surface area (TPSA) is 3.88 Å². The minimum Gasteiger partial charge on any atom is -0.187 e. The summed E-state index contributed by atoms with van der Waals surface area (Å²) in [5.74, 6) is 0.625. The molecule has 0 fully saturated rings. The van der Waals surface area contributed by atoms with Crippen LogP contribution in [-0.2, 0) is 6.54 Å². The van der Waals surface area contributed by atoms with Crippen molar-refractivity contribution < 1.29 is 4.57 Å². The van der Waals surface area contributed by atoms with E-state index >= 15 is 0 Å². The second-order valence-corrected chi connectivity index (χ2v) is 6.90. The zero-order chi connectivity index (χ0) is 17.2. The molecule has 0 aliphatic rings. The zero-order valence-corrected chi connectivity index (χ0v) is 14.9. The summed E-state index contributed by atoms with van der Waals surface area (Å²) in [6.07, 6.45) is 1.18. The number of hydrogen-bond acceptors (Lipinski definition) is 0. The molecule has 0 radical (unpaired) electrons. The van der Waals surface area contributed by atoms with E-state index in [9.17, 15) is 0 Å². The Morgan fingerprint density at radius 2 is 1.32 bits per heavy atom. The molecule has 0 saturated heterocycles. The lowest BCUT2D eigenvalue weighted by Crippen LogP contribution is -2.36. The number of para-hydroxylation sites is 2. The Bertz CT molecular complexity index is 961. The number of nitrogens with zero attached hydrogens (tertiary/aromatic N) is 1. The van der Waals surface area contributed by atoms with Gasteiger partial charge in [-0.2, -0.15) is 4.57 Å². The van der Waals surface area contributed by atoms with Gasteiger partial charge in [0.2, 0.25) is 11.0 Å². The Balaban J connectivity index is 1.82. The van der Waals surface area contributed by atoms with Crippen LogP contribution in [0.5, 0.6) is 0 Å². The average molecular weight is 326 g/mol. The number of aromatic nitrogens is 1. The van der Waals surface area contributed by atoms with Gasteiger partial charge in [-0.15, -0.1) is 0 Å². The van der Waals surface area contributed by atoms with Crippen LogP contribution < -0.4 is 4.57 Å². The average Bonchev–Trinajstić information content (AvgIpc) is 2.67. The molecule has 0 amide bonds. The molecule has 0 saturated carbocycles. The van der Waals surface area contributed by atoms with Crippen LogP contribution in [-0.4, -0.2) is 0 Å². The maximum atomic E-state index is 2.43. The normalized spacial score (nSPS) is 12.6. The van der Waals surface area contributed by atoms with Crippen molar-refractivity contribution in [2.45, 2.75) is 32.7 Å². The maximum Gasteiger partial charge on any atom is 0.213 e. The van der Waals surface area contributed by atoms with E-state index in [2.05, 4.69) is 97.3 Å². The molecule has 124 valence electrons.